The van der Waals surface area contributed by atoms with Gasteiger partial charge in [-0.2, -0.15) is 0 Å². The van der Waals surface area contributed by atoms with Gasteiger partial charge in [-0.3, -0.25) is 9.78 Å². The molecular weight excluding hydrogens is 328 g/mol. The summed E-state index contributed by atoms with van der Waals surface area (Å²) in [5.74, 6) is 0.322. The van der Waals surface area contributed by atoms with Gasteiger partial charge in [0.15, 0.2) is 0 Å². The molecule has 3 nitrogen and oxygen atoms in total. The molecule has 98 valence electrons. The molecule has 1 aromatic heterocycles. The van der Waals surface area contributed by atoms with E-state index in [1.807, 2.05) is 24.3 Å². The van der Waals surface area contributed by atoms with Crippen molar-refractivity contribution in [2.45, 2.75) is 12.4 Å². The number of nitrogens with zero attached hydrogens (tertiary/aromatic N) is 1. The maximum absolute atomic E-state index is 11.9. The molecule has 19 heavy (non-hydrogen) atoms. The average molecular weight is 340 g/mol. The number of carbonyl (C=O) groups is 1. The van der Waals surface area contributed by atoms with Gasteiger partial charge in [0, 0.05) is 29.3 Å². The van der Waals surface area contributed by atoms with Crippen LogP contribution in [0.1, 0.15) is 21.5 Å². The van der Waals surface area contributed by atoms with Gasteiger partial charge >= 0.3 is 0 Å². The summed E-state index contributed by atoms with van der Waals surface area (Å²) in [5.41, 5.74) is 2.59. The van der Waals surface area contributed by atoms with E-state index in [1.165, 1.54) is 6.20 Å². The molecule has 1 aromatic carbocycles. The van der Waals surface area contributed by atoms with E-state index in [-0.39, 0.29) is 5.91 Å². The molecule has 0 saturated heterocycles. The largest absolute Gasteiger partial charge is 0.348 e. The topological polar surface area (TPSA) is 42.0 Å². The number of carbonyl (C=O) groups excluding carboxylic acids is 1. The van der Waals surface area contributed by atoms with Crippen molar-refractivity contribution in [3.05, 3.63) is 63.9 Å². The molecule has 2 aromatic rings. The summed E-state index contributed by atoms with van der Waals surface area (Å²) in [7, 11) is 0. The standard InChI is InChI=1S/C14H12BrClN2O/c15-13-5-12(8-17-9-13)14(19)18-7-11-3-1-2-10(4-11)6-16/h1-5,8-9H,6-7H2,(H,18,19). The molecule has 0 aliphatic heterocycles. The van der Waals surface area contributed by atoms with Crippen LogP contribution in [0, 0.1) is 0 Å². The predicted molar refractivity (Wildman–Crippen MR) is 79.1 cm³/mol. The van der Waals surface area contributed by atoms with E-state index in [2.05, 4.69) is 26.2 Å². The first-order valence-corrected chi connectivity index (χ1v) is 7.04. The van der Waals surface area contributed by atoms with Crippen molar-refractivity contribution in [3.8, 4) is 0 Å². The zero-order valence-electron chi connectivity index (χ0n) is 10.1. The van der Waals surface area contributed by atoms with Crippen LogP contribution in [-0.2, 0) is 12.4 Å². The Morgan fingerprint density at radius 1 is 1.26 bits per heavy atom. The Kier molecular flexibility index (Phi) is 4.93. The van der Waals surface area contributed by atoms with E-state index in [0.29, 0.717) is 18.0 Å². The summed E-state index contributed by atoms with van der Waals surface area (Å²) in [5, 5.41) is 2.85. The maximum Gasteiger partial charge on any atom is 0.253 e. The van der Waals surface area contributed by atoms with Crippen molar-refractivity contribution < 1.29 is 4.79 Å². The molecule has 0 spiro atoms. The maximum atomic E-state index is 11.9. The van der Waals surface area contributed by atoms with E-state index < -0.39 is 0 Å². The molecule has 0 fully saturated rings. The fraction of sp³-hybridized carbons (Fsp3) is 0.143. The second kappa shape index (κ2) is 6.68. The number of nitrogens with one attached hydrogen (secondary N) is 1. The van der Waals surface area contributed by atoms with Gasteiger partial charge in [-0.25, -0.2) is 0 Å². The SMILES string of the molecule is O=C(NCc1cccc(CCl)c1)c1cncc(Br)c1. The third kappa shape index (κ3) is 4.04. The Morgan fingerprint density at radius 3 is 2.79 bits per heavy atom. The molecule has 0 radical (unpaired) electrons. The first kappa shape index (κ1) is 14.0. The molecule has 1 N–H and O–H groups in total. The van der Waals surface area contributed by atoms with Crippen molar-refractivity contribution in [2.24, 2.45) is 0 Å². The molecular formula is C14H12BrClN2O. The zero-order chi connectivity index (χ0) is 13.7. The minimum absolute atomic E-state index is 0.148. The molecule has 0 unspecified atom stereocenters. The highest BCUT2D eigenvalue weighted by atomic mass is 79.9. The van der Waals surface area contributed by atoms with E-state index in [1.54, 1.807) is 12.3 Å². The van der Waals surface area contributed by atoms with E-state index in [0.717, 1.165) is 15.6 Å². The number of hydrogen-bond donors (Lipinski definition) is 1. The number of amides is 1. The quantitative estimate of drug-likeness (QED) is 0.866. The third-order valence-corrected chi connectivity index (χ3v) is 3.31. The molecule has 2 rings (SSSR count). The van der Waals surface area contributed by atoms with Crippen molar-refractivity contribution >= 4 is 33.4 Å². The van der Waals surface area contributed by atoms with Gasteiger partial charge in [-0.1, -0.05) is 24.3 Å². The normalized spacial score (nSPS) is 10.2. The van der Waals surface area contributed by atoms with E-state index in [4.69, 9.17) is 11.6 Å². The van der Waals surface area contributed by atoms with Crippen LogP contribution in [0.25, 0.3) is 0 Å². The molecule has 0 bridgehead atoms. The lowest BCUT2D eigenvalue weighted by Crippen LogP contribution is -2.22. The molecule has 1 amide bonds. The fourth-order valence-corrected chi connectivity index (χ4v) is 2.17. The molecule has 0 aliphatic carbocycles. The summed E-state index contributed by atoms with van der Waals surface area (Å²) in [4.78, 5) is 15.9. The monoisotopic (exact) mass is 338 g/mol. The van der Waals surface area contributed by atoms with Crippen molar-refractivity contribution in [1.29, 1.82) is 0 Å². The first-order chi connectivity index (χ1) is 9.19. The van der Waals surface area contributed by atoms with Gasteiger partial charge in [0.2, 0.25) is 0 Å². The van der Waals surface area contributed by atoms with Gasteiger partial charge in [0.25, 0.3) is 5.91 Å². The number of alkyl halides is 1. The smallest absolute Gasteiger partial charge is 0.253 e. The van der Waals surface area contributed by atoms with Crippen LogP contribution in [0.3, 0.4) is 0 Å². The van der Waals surface area contributed by atoms with Gasteiger partial charge < -0.3 is 5.32 Å². The lowest BCUT2D eigenvalue weighted by Gasteiger charge is -2.06. The second-order valence-corrected chi connectivity index (χ2v) is 5.21. The minimum atomic E-state index is -0.148. The van der Waals surface area contributed by atoms with Gasteiger partial charge in [0.05, 0.1) is 5.56 Å². The Hall–Kier alpha value is -1.39. The Balaban J connectivity index is 2.00. The fourth-order valence-electron chi connectivity index (χ4n) is 1.64. The van der Waals surface area contributed by atoms with Gasteiger partial charge in [0.1, 0.15) is 0 Å². The van der Waals surface area contributed by atoms with E-state index in [9.17, 15) is 4.79 Å². The highest BCUT2D eigenvalue weighted by Crippen LogP contribution is 2.10. The highest BCUT2D eigenvalue weighted by molar-refractivity contribution is 9.10. The van der Waals surface area contributed by atoms with Crippen LogP contribution in [0.5, 0.6) is 0 Å². The van der Waals surface area contributed by atoms with E-state index >= 15 is 0 Å². The van der Waals surface area contributed by atoms with Crippen molar-refractivity contribution in [3.63, 3.8) is 0 Å². The second-order valence-electron chi connectivity index (χ2n) is 4.03. The lowest BCUT2D eigenvalue weighted by molar-refractivity contribution is 0.0950. The number of halogens is 2. The Bertz CT molecular complexity index is 589. The number of rotatable bonds is 4. The molecule has 1 heterocycles. The Morgan fingerprint density at radius 2 is 2.05 bits per heavy atom. The van der Waals surface area contributed by atoms with Gasteiger partial charge in [-0.05, 0) is 33.1 Å². The molecule has 0 atom stereocenters. The zero-order valence-corrected chi connectivity index (χ0v) is 12.4. The van der Waals surface area contributed by atoms with Crippen LogP contribution in [0.2, 0.25) is 0 Å². The van der Waals surface area contributed by atoms with Crippen LogP contribution >= 0.6 is 27.5 Å². The van der Waals surface area contributed by atoms with Crippen molar-refractivity contribution in [2.75, 3.05) is 0 Å². The summed E-state index contributed by atoms with van der Waals surface area (Å²) in [6, 6.07) is 9.55. The summed E-state index contributed by atoms with van der Waals surface area (Å²) in [6.07, 6.45) is 3.18. The predicted octanol–water partition coefficient (Wildman–Crippen LogP) is 3.51. The first-order valence-electron chi connectivity index (χ1n) is 5.71. The molecule has 0 saturated carbocycles. The third-order valence-electron chi connectivity index (χ3n) is 2.57. The van der Waals surface area contributed by atoms with Gasteiger partial charge in [-0.15, -0.1) is 11.6 Å². The summed E-state index contributed by atoms with van der Waals surface area (Å²) >= 11 is 9.06. The van der Waals surface area contributed by atoms with Crippen LogP contribution in [0.15, 0.2) is 47.2 Å². The number of pyridine rings is 1. The average Bonchev–Trinajstić information content (AvgIpc) is 2.45. The molecule has 5 heteroatoms. The number of hydrogen-bond acceptors (Lipinski definition) is 2. The van der Waals surface area contributed by atoms with Crippen LogP contribution in [0.4, 0.5) is 0 Å². The summed E-state index contributed by atoms with van der Waals surface area (Å²) < 4.78 is 0.782. The number of aromatic nitrogens is 1. The van der Waals surface area contributed by atoms with Crippen molar-refractivity contribution in [1.82, 2.24) is 10.3 Å². The number of benzene rings is 1. The Labute approximate surface area is 125 Å². The molecule has 0 aliphatic rings. The lowest BCUT2D eigenvalue weighted by atomic mass is 10.1. The van der Waals surface area contributed by atoms with Crippen LogP contribution < -0.4 is 5.32 Å². The summed E-state index contributed by atoms with van der Waals surface area (Å²) in [6.45, 7) is 0.468. The highest BCUT2D eigenvalue weighted by Gasteiger charge is 2.06. The minimum Gasteiger partial charge on any atom is -0.348 e. The van der Waals surface area contributed by atoms with Crippen LogP contribution in [-0.4, -0.2) is 10.9 Å².